The van der Waals surface area contributed by atoms with Crippen molar-refractivity contribution < 1.29 is 8.42 Å². The minimum atomic E-state index is -3.05. The minimum absolute atomic E-state index is 0.322. The average molecular weight is 235 g/mol. The summed E-state index contributed by atoms with van der Waals surface area (Å²) in [6, 6.07) is 0. The summed E-state index contributed by atoms with van der Waals surface area (Å²) in [6.45, 7) is 6.18. The van der Waals surface area contributed by atoms with Crippen LogP contribution in [0.5, 0.6) is 0 Å². The van der Waals surface area contributed by atoms with E-state index in [1.165, 1.54) is 25.7 Å². The lowest BCUT2D eigenvalue weighted by atomic mass is 10.1. The molecule has 0 atom stereocenters. The quantitative estimate of drug-likeness (QED) is 0.625. The molecule has 0 saturated heterocycles. The second-order valence-corrected chi connectivity index (χ2v) is 6.58. The van der Waals surface area contributed by atoms with E-state index in [1.807, 2.05) is 0 Å². The molecule has 0 aromatic rings. The molecule has 4 heteroatoms. The minimum Gasteiger partial charge on any atom is -0.215 e. The van der Waals surface area contributed by atoms with Crippen LogP contribution >= 0.6 is 0 Å². The van der Waals surface area contributed by atoms with Gasteiger partial charge in [0.25, 0.3) is 0 Å². The van der Waals surface area contributed by atoms with E-state index >= 15 is 0 Å². The van der Waals surface area contributed by atoms with E-state index in [4.69, 9.17) is 0 Å². The summed E-state index contributed by atoms with van der Waals surface area (Å²) in [5.41, 5.74) is 0. The van der Waals surface area contributed by atoms with Gasteiger partial charge in [-0.15, -0.1) is 0 Å². The highest BCUT2D eigenvalue weighted by Crippen LogP contribution is 2.04. The molecule has 0 aromatic carbocycles. The van der Waals surface area contributed by atoms with E-state index in [2.05, 4.69) is 11.6 Å². The van der Waals surface area contributed by atoms with Gasteiger partial charge in [0.15, 0.2) is 0 Å². The highest BCUT2D eigenvalue weighted by Gasteiger charge is 2.13. The van der Waals surface area contributed by atoms with E-state index in [0.29, 0.717) is 6.54 Å². The SMILES string of the molecule is CCCCCCCCNS(=O)(=O)C(C)C. The van der Waals surface area contributed by atoms with E-state index in [-0.39, 0.29) is 5.25 Å². The van der Waals surface area contributed by atoms with Crippen LogP contribution in [0.25, 0.3) is 0 Å². The van der Waals surface area contributed by atoms with Crippen molar-refractivity contribution in [3.8, 4) is 0 Å². The van der Waals surface area contributed by atoms with Crippen LogP contribution < -0.4 is 4.72 Å². The van der Waals surface area contributed by atoms with Crippen LogP contribution in [0.15, 0.2) is 0 Å². The molecule has 0 fully saturated rings. The van der Waals surface area contributed by atoms with Gasteiger partial charge in [0.05, 0.1) is 5.25 Å². The molecule has 1 N–H and O–H groups in total. The highest BCUT2D eigenvalue weighted by molar-refractivity contribution is 7.90. The molecule has 15 heavy (non-hydrogen) atoms. The van der Waals surface area contributed by atoms with Crippen molar-refractivity contribution in [2.75, 3.05) is 6.54 Å². The molecule has 92 valence electrons. The smallest absolute Gasteiger partial charge is 0.213 e. The second kappa shape index (κ2) is 8.11. The van der Waals surface area contributed by atoms with Crippen LogP contribution in [-0.2, 0) is 10.0 Å². The zero-order chi connectivity index (χ0) is 11.7. The Morgan fingerprint density at radius 1 is 1.00 bits per heavy atom. The van der Waals surface area contributed by atoms with Gasteiger partial charge in [-0.1, -0.05) is 39.0 Å². The molecule has 0 rings (SSSR count). The maximum atomic E-state index is 11.4. The van der Waals surface area contributed by atoms with Crippen LogP contribution in [0.1, 0.15) is 59.3 Å². The topological polar surface area (TPSA) is 46.2 Å². The summed E-state index contributed by atoms with van der Waals surface area (Å²) in [7, 11) is -3.05. The molecular weight excluding hydrogens is 210 g/mol. The first-order valence-electron chi connectivity index (χ1n) is 5.99. The summed E-state index contributed by atoms with van der Waals surface area (Å²) in [6.07, 6.45) is 7.11. The van der Waals surface area contributed by atoms with E-state index in [0.717, 1.165) is 12.8 Å². The number of unbranched alkanes of at least 4 members (excludes halogenated alkanes) is 5. The summed E-state index contributed by atoms with van der Waals surface area (Å²) in [4.78, 5) is 0. The molecule has 0 bridgehead atoms. The fourth-order valence-electron chi connectivity index (χ4n) is 1.29. The summed E-state index contributed by atoms with van der Waals surface area (Å²) in [5, 5.41) is -0.322. The molecule has 3 nitrogen and oxygen atoms in total. The van der Waals surface area contributed by atoms with Crippen molar-refractivity contribution >= 4 is 10.0 Å². The predicted octanol–water partition coefficient (Wildman–Crippen LogP) is 2.67. The van der Waals surface area contributed by atoms with E-state index < -0.39 is 10.0 Å². The monoisotopic (exact) mass is 235 g/mol. The van der Waals surface area contributed by atoms with Crippen molar-refractivity contribution in [3.63, 3.8) is 0 Å². The Bertz CT molecular complexity index is 235. The lowest BCUT2D eigenvalue weighted by Crippen LogP contribution is -2.31. The van der Waals surface area contributed by atoms with Gasteiger partial charge in [-0.2, -0.15) is 0 Å². The Balaban J connectivity index is 3.39. The summed E-state index contributed by atoms with van der Waals surface area (Å²) in [5.74, 6) is 0. The lowest BCUT2D eigenvalue weighted by molar-refractivity contribution is 0.560. The Labute approximate surface area is 94.7 Å². The van der Waals surface area contributed by atoms with E-state index in [9.17, 15) is 8.42 Å². The molecule has 0 aromatic heterocycles. The predicted molar refractivity (Wildman–Crippen MR) is 65.4 cm³/mol. The molecule has 0 aliphatic rings. The molecule has 0 amide bonds. The Hall–Kier alpha value is -0.0900. The third-order valence-electron chi connectivity index (χ3n) is 2.45. The molecule has 0 aliphatic heterocycles. The van der Waals surface area contributed by atoms with Gasteiger partial charge in [0, 0.05) is 6.54 Å². The zero-order valence-electron chi connectivity index (χ0n) is 10.3. The Morgan fingerprint density at radius 2 is 1.53 bits per heavy atom. The van der Waals surface area contributed by atoms with Crippen LogP contribution in [0.4, 0.5) is 0 Å². The third-order valence-corrected chi connectivity index (χ3v) is 4.30. The average Bonchev–Trinajstić information content (AvgIpc) is 2.16. The van der Waals surface area contributed by atoms with Gasteiger partial charge in [-0.25, -0.2) is 13.1 Å². The standard InChI is InChI=1S/C11H25NO2S/c1-4-5-6-7-8-9-10-12-15(13,14)11(2)3/h11-12H,4-10H2,1-3H3. The summed E-state index contributed by atoms with van der Waals surface area (Å²) >= 11 is 0. The van der Waals surface area contributed by atoms with Gasteiger partial charge in [-0.3, -0.25) is 0 Å². The molecule has 0 unspecified atom stereocenters. The summed E-state index contributed by atoms with van der Waals surface area (Å²) < 4.78 is 25.3. The zero-order valence-corrected chi connectivity index (χ0v) is 11.1. The van der Waals surface area contributed by atoms with Crippen LogP contribution in [-0.4, -0.2) is 20.2 Å². The van der Waals surface area contributed by atoms with Gasteiger partial charge < -0.3 is 0 Å². The number of nitrogens with one attached hydrogen (secondary N) is 1. The number of hydrogen-bond acceptors (Lipinski definition) is 2. The molecule has 0 aliphatic carbocycles. The Kier molecular flexibility index (Phi) is 8.06. The van der Waals surface area contributed by atoms with Crippen LogP contribution in [0, 0.1) is 0 Å². The van der Waals surface area contributed by atoms with Gasteiger partial charge in [-0.05, 0) is 20.3 Å². The van der Waals surface area contributed by atoms with Crippen molar-refractivity contribution in [2.45, 2.75) is 64.5 Å². The van der Waals surface area contributed by atoms with Gasteiger partial charge in [0.1, 0.15) is 0 Å². The normalized spacial score (nSPS) is 12.3. The van der Waals surface area contributed by atoms with Crippen molar-refractivity contribution in [1.82, 2.24) is 4.72 Å². The second-order valence-electron chi connectivity index (χ2n) is 4.26. The molecular formula is C11H25NO2S. The lowest BCUT2D eigenvalue weighted by Gasteiger charge is -2.08. The number of sulfonamides is 1. The first kappa shape index (κ1) is 14.9. The van der Waals surface area contributed by atoms with Gasteiger partial charge >= 0.3 is 0 Å². The van der Waals surface area contributed by atoms with E-state index in [1.54, 1.807) is 13.8 Å². The van der Waals surface area contributed by atoms with Gasteiger partial charge in [0.2, 0.25) is 10.0 Å². The maximum Gasteiger partial charge on any atom is 0.213 e. The fourth-order valence-corrected chi connectivity index (χ4v) is 2.05. The number of hydrogen-bond donors (Lipinski definition) is 1. The molecule has 0 heterocycles. The maximum absolute atomic E-state index is 11.4. The third kappa shape index (κ3) is 7.79. The fraction of sp³-hybridized carbons (Fsp3) is 1.00. The highest BCUT2D eigenvalue weighted by atomic mass is 32.2. The molecule has 0 saturated carbocycles. The Morgan fingerprint density at radius 3 is 2.07 bits per heavy atom. The number of rotatable bonds is 9. The van der Waals surface area contributed by atoms with Crippen LogP contribution in [0.2, 0.25) is 0 Å². The first-order valence-corrected chi connectivity index (χ1v) is 7.53. The van der Waals surface area contributed by atoms with Crippen LogP contribution in [0.3, 0.4) is 0 Å². The largest absolute Gasteiger partial charge is 0.215 e. The van der Waals surface area contributed by atoms with Crippen molar-refractivity contribution in [2.24, 2.45) is 0 Å². The molecule has 0 radical (unpaired) electrons. The van der Waals surface area contributed by atoms with Crippen molar-refractivity contribution in [1.29, 1.82) is 0 Å². The first-order chi connectivity index (χ1) is 7.00. The molecule has 0 spiro atoms. The van der Waals surface area contributed by atoms with Crippen molar-refractivity contribution in [3.05, 3.63) is 0 Å².